The van der Waals surface area contributed by atoms with E-state index in [9.17, 15) is 5.11 Å². The molecule has 2 aromatic carbocycles. The molecule has 4 N–H and O–H groups in total. The third kappa shape index (κ3) is 3.84. The molecule has 0 unspecified atom stereocenters. The summed E-state index contributed by atoms with van der Waals surface area (Å²) in [7, 11) is 1.48. The molecule has 1 aromatic heterocycles. The number of methoxy groups -OCH3 is 1. The fraction of sp³-hybridized carbons (Fsp3) is 0.0556. The van der Waals surface area contributed by atoms with Crippen molar-refractivity contribution in [3.63, 3.8) is 0 Å². The van der Waals surface area contributed by atoms with Crippen LogP contribution in [0.4, 0.5) is 23.1 Å². The Morgan fingerprint density at radius 1 is 1.08 bits per heavy atom. The topological polar surface area (TPSA) is 106 Å². The lowest BCUT2D eigenvalue weighted by Crippen LogP contribution is -2.03. The van der Waals surface area contributed by atoms with Gasteiger partial charge in [0.05, 0.1) is 7.11 Å². The normalized spacial score (nSPS) is 10.8. The molecule has 0 amide bonds. The number of phenolic OH excluding ortho intramolecular Hbond substituents is 1. The predicted octanol–water partition coefficient (Wildman–Crippen LogP) is 3.27. The molecule has 0 aliphatic heterocycles. The maximum absolute atomic E-state index is 9.87. The van der Waals surface area contributed by atoms with Crippen molar-refractivity contribution in [2.45, 2.75) is 0 Å². The minimum atomic E-state index is 0.0665. The Morgan fingerprint density at radius 3 is 2.52 bits per heavy atom. The lowest BCUT2D eigenvalue weighted by Gasteiger charge is -2.11. The van der Waals surface area contributed by atoms with Crippen LogP contribution in [0.1, 0.15) is 5.56 Å². The molecular formula is C18H17N5O2. The van der Waals surface area contributed by atoms with Gasteiger partial charge >= 0.3 is 0 Å². The molecule has 0 atom stereocenters. The second kappa shape index (κ2) is 7.31. The Bertz CT molecular complexity index is 897. The van der Waals surface area contributed by atoms with E-state index < -0.39 is 0 Å². The Balaban J connectivity index is 2.03. The standard InChI is InChI=1S/C18H17N5O2/c1-25-17-15(20-11-12-7-5-6-10-14(12)24)16(22-18(19)23-17)21-13-8-3-2-4-9-13/h2-11,24H,1H3,(H3,19,21,22,23). The number of nitrogens with one attached hydrogen (secondary N) is 1. The fourth-order valence-corrected chi connectivity index (χ4v) is 2.19. The first-order chi connectivity index (χ1) is 12.2. The summed E-state index contributed by atoms with van der Waals surface area (Å²) < 4.78 is 5.28. The highest BCUT2D eigenvalue weighted by Crippen LogP contribution is 2.35. The second-order valence-corrected chi connectivity index (χ2v) is 5.10. The minimum Gasteiger partial charge on any atom is -0.507 e. The van der Waals surface area contributed by atoms with E-state index in [2.05, 4.69) is 20.3 Å². The lowest BCUT2D eigenvalue weighted by atomic mass is 10.2. The largest absolute Gasteiger partial charge is 0.507 e. The van der Waals surface area contributed by atoms with Crippen LogP contribution in [0.15, 0.2) is 59.6 Å². The first-order valence-corrected chi connectivity index (χ1v) is 7.53. The zero-order chi connectivity index (χ0) is 17.6. The van der Waals surface area contributed by atoms with Gasteiger partial charge in [0.15, 0.2) is 11.5 Å². The number of aromatic hydroxyl groups is 1. The number of aliphatic imine (C=N–C) groups is 1. The van der Waals surface area contributed by atoms with Crippen LogP contribution < -0.4 is 15.8 Å². The molecule has 0 aliphatic rings. The molecule has 126 valence electrons. The molecule has 7 heteroatoms. The number of para-hydroxylation sites is 2. The highest BCUT2D eigenvalue weighted by molar-refractivity contribution is 5.88. The third-order valence-corrected chi connectivity index (χ3v) is 3.37. The van der Waals surface area contributed by atoms with E-state index in [1.165, 1.54) is 13.3 Å². The van der Waals surface area contributed by atoms with E-state index in [4.69, 9.17) is 10.5 Å². The molecular weight excluding hydrogens is 318 g/mol. The van der Waals surface area contributed by atoms with Crippen molar-refractivity contribution in [1.29, 1.82) is 0 Å². The van der Waals surface area contributed by atoms with Gasteiger partial charge in [0.2, 0.25) is 11.8 Å². The number of nitrogens with two attached hydrogens (primary N) is 1. The van der Waals surface area contributed by atoms with Crippen molar-refractivity contribution in [3.8, 4) is 11.6 Å². The number of aromatic nitrogens is 2. The molecule has 1 heterocycles. The van der Waals surface area contributed by atoms with Crippen molar-refractivity contribution >= 4 is 29.4 Å². The average Bonchev–Trinajstić information content (AvgIpc) is 2.62. The van der Waals surface area contributed by atoms with Crippen LogP contribution in [0.3, 0.4) is 0 Å². The van der Waals surface area contributed by atoms with Crippen LogP contribution in [-0.4, -0.2) is 28.4 Å². The van der Waals surface area contributed by atoms with E-state index in [-0.39, 0.29) is 17.6 Å². The Kier molecular flexibility index (Phi) is 4.75. The molecule has 0 radical (unpaired) electrons. The number of hydrogen-bond donors (Lipinski definition) is 3. The van der Waals surface area contributed by atoms with E-state index in [0.717, 1.165) is 5.69 Å². The summed E-state index contributed by atoms with van der Waals surface area (Å²) in [5, 5.41) is 13.0. The van der Waals surface area contributed by atoms with Gasteiger partial charge in [-0.05, 0) is 24.3 Å². The van der Waals surface area contributed by atoms with Gasteiger partial charge in [-0.3, -0.25) is 0 Å². The molecule has 0 aliphatic carbocycles. The molecule has 0 fully saturated rings. The molecule has 0 bridgehead atoms. The van der Waals surface area contributed by atoms with Crippen LogP contribution in [0.5, 0.6) is 11.6 Å². The summed E-state index contributed by atoms with van der Waals surface area (Å²) in [6.45, 7) is 0. The van der Waals surface area contributed by atoms with Crippen molar-refractivity contribution in [2.75, 3.05) is 18.2 Å². The molecule has 25 heavy (non-hydrogen) atoms. The molecule has 3 rings (SSSR count). The number of nitrogens with zero attached hydrogens (tertiary/aromatic N) is 3. The Hall–Kier alpha value is -3.61. The Morgan fingerprint density at radius 2 is 1.80 bits per heavy atom. The maximum atomic E-state index is 9.87. The zero-order valence-electron chi connectivity index (χ0n) is 13.5. The first-order valence-electron chi connectivity index (χ1n) is 7.53. The summed E-state index contributed by atoms with van der Waals surface area (Å²) in [5.41, 5.74) is 7.52. The van der Waals surface area contributed by atoms with Gasteiger partial charge in [-0.15, -0.1) is 0 Å². The zero-order valence-corrected chi connectivity index (χ0v) is 13.5. The highest BCUT2D eigenvalue weighted by Gasteiger charge is 2.14. The number of rotatable bonds is 5. The van der Waals surface area contributed by atoms with Crippen molar-refractivity contribution in [3.05, 3.63) is 60.2 Å². The number of ether oxygens (including phenoxy) is 1. The fourth-order valence-electron chi connectivity index (χ4n) is 2.19. The van der Waals surface area contributed by atoms with Crippen LogP contribution >= 0.6 is 0 Å². The monoisotopic (exact) mass is 335 g/mol. The van der Waals surface area contributed by atoms with E-state index in [1.807, 2.05) is 30.3 Å². The van der Waals surface area contributed by atoms with Crippen LogP contribution in [0, 0.1) is 0 Å². The van der Waals surface area contributed by atoms with Crippen molar-refractivity contribution < 1.29 is 9.84 Å². The van der Waals surface area contributed by atoms with Gasteiger partial charge in [-0.25, -0.2) is 4.99 Å². The summed E-state index contributed by atoms with van der Waals surface area (Å²) >= 11 is 0. The van der Waals surface area contributed by atoms with Gasteiger partial charge in [-0.2, -0.15) is 9.97 Å². The number of anilines is 3. The number of phenols is 1. The highest BCUT2D eigenvalue weighted by atomic mass is 16.5. The average molecular weight is 335 g/mol. The van der Waals surface area contributed by atoms with Gasteiger partial charge in [0, 0.05) is 17.5 Å². The SMILES string of the molecule is COc1nc(N)nc(Nc2ccccc2)c1N=Cc1ccccc1O. The first kappa shape index (κ1) is 16.3. The summed E-state index contributed by atoms with van der Waals surface area (Å²) in [4.78, 5) is 12.7. The molecule has 0 saturated carbocycles. The molecule has 0 saturated heterocycles. The quantitative estimate of drug-likeness (QED) is 0.618. The number of nitrogen functional groups attached to an aromatic ring is 1. The smallest absolute Gasteiger partial charge is 0.246 e. The maximum Gasteiger partial charge on any atom is 0.246 e. The number of benzene rings is 2. The van der Waals surface area contributed by atoms with Crippen LogP contribution in [0.2, 0.25) is 0 Å². The summed E-state index contributed by atoms with van der Waals surface area (Å²) in [5.74, 6) is 0.829. The summed E-state index contributed by atoms with van der Waals surface area (Å²) in [6, 6.07) is 16.4. The van der Waals surface area contributed by atoms with Crippen LogP contribution in [-0.2, 0) is 0 Å². The van der Waals surface area contributed by atoms with Crippen molar-refractivity contribution in [2.24, 2.45) is 4.99 Å². The van der Waals surface area contributed by atoms with Gasteiger partial charge in [-0.1, -0.05) is 30.3 Å². The minimum absolute atomic E-state index is 0.0665. The Labute approximate surface area is 144 Å². The lowest BCUT2D eigenvalue weighted by molar-refractivity contribution is 0.399. The van der Waals surface area contributed by atoms with E-state index in [0.29, 0.717) is 17.1 Å². The van der Waals surface area contributed by atoms with Crippen molar-refractivity contribution in [1.82, 2.24) is 9.97 Å². The van der Waals surface area contributed by atoms with E-state index in [1.54, 1.807) is 24.3 Å². The number of hydrogen-bond acceptors (Lipinski definition) is 7. The summed E-state index contributed by atoms with van der Waals surface area (Å²) in [6.07, 6.45) is 1.52. The van der Waals surface area contributed by atoms with E-state index >= 15 is 0 Å². The third-order valence-electron chi connectivity index (χ3n) is 3.37. The molecule has 7 nitrogen and oxygen atoms in total. The molecule has 3 aromatic rings. The van der Waals surface area contributed by atoms with Crippen LogP contribution in [0.25, 0.3) is 0 Å². The van der Waals surface area contributed by atoms with Gasteiger partial charge in [0.25, 0.3) is 0 Å². The van der Waals surface area contributed by atoms with Gasteiger partial charge in [0.1, 0.15) is 5.75 Å². The predicted molar refractivity (Wildman–Crippen MR) is 98.1 cm³/mol. The van der Waals surface area contributed by atoms with Gasteiger partial charge < -0.3 is 20.9 Å². The molecule has 0 spiro atoms. The second-order valence-electron chi connectivity index (χ2n) is 5.10.